The predicted molar refractivity (Wildman–Crippen MR) is 105 cm³/mol. The molecular weight excluding hydrogens is 384 g/mol. The maximum Gasteiger partial charge on any atom is 0.144 e. The number of pyridine rings is 1. The van der Waals surface area contributed by atoms with Gasteiger partial charge in [0.2, 0.25) is 0 Å². The summed E-state index contributed by atoms with van der Waals surface area (Å²) in [5.74, 6) is 1.16. The number of nitrogens with zero attached hydrogens (tertiary/aromatic N) is 4. The first-order valence-electron chi connectivity index (χ1n) is 9.33. The van der Waals surface area contributed by atoms with Crippen LogP contribution in [-0.2, 0) is 0 Å². The lowest BCUT2D eigenvalue weighted by Gasteiger charge is -2.43. The highest BCUT2D eigenvalue weighted by atomic mass is 79.9. The Morgan fingerprint density at radius 3 is 2.58 bits per heavy atom. The molecule has 0 spiro atoms. The molecule has 6 heteroatoms. The second kappa shape index (κ2) is 7.52. The third kappa shape index (κ3) is 3.35. The Bertz CT molecular complexity index is 570. The van der Waals surface area contributed by atoms with Crippen molar-refractivity contribution < 1.29 is 0 Å². The Morgan fingerprint density at radius 2 is 1.88 bits per heavy atom. The quantitative estimate of drug-likeness (QED) is 0.748. The molecule has 2 saturated heterocycles. The van der Waals surface area contributed by atoms with Gasteiger partial charge in [0.1, 0.15) is 11.3 Å². The lowest BCUT2D eigenvalue weighted by molar-refractivity contribution is 0.0879. The molecule has 132 valence electrons. The molecule has 0 aromatic carbocycles. The molecule has 1 aromatic rings. The molecule has 4 rings (SSSR count). The number of likely N-dealkylation sites (tertiary alicyclic amines) is 2. The Kier molecular flexibility index (Phi) is 5.37. The zero-order valence-electron chi connectivity index (χ0n) is 14.5. The summed E-state index contributed by atoms with van der Waals surface area (Å²) in [6, 6.07) is 3.04. The number of halogens is 1. The second-order valence-corrected chi connectivity index (χ2v) is 9.08. The van der Waals surface area contributed by atoms with E-state index < -0.39 is 0 Å². The van der Waals surface area contributed by atoms with Gasteiger partial charge in [-0.2, -0.15) is 0 Å². The van der Waals surface area contributed by atoms with Crippen LogP contribution in [0.15, 0.2) is 21.6 Å². The number of aromatic nitrogens is 1. The van der Waals surface area contributed by atoms with E-state index in [1.807, 2.05) is 18.0 Å². The third-order valence-corrected chi connectivity index (χ3v) is 7.38. The first-order valence-corrected chi connectivity index (χ1v) is 11.0. The molecule has 4 heterocycles. The molecule has 2 fully saturated rings. The molecule has 0 bridgehead atoms. The van der Waals surface area contributed by atoms with Crippen LogP contribution < -0.4 is 4.90 Å². The van der Waals surface area contributed by atoms with E-state index in [2.05, 4.69) is 48.6 Å². The monoisotopic (exact) mass is 410 g/mol. The number of fused-ring (bicyclic) bond motifs is 1. The Morgan fingerprint density at radius 1 is 1.12 bits per heavy atom. The molecule has 24 heavy (non-hydrogen) atoms. The van der Waals surface area contributed by atoms with Crippen LogP contribution >= 0.6 is 27.7 Å². The van der Waals surface area contributed by atoms with E-state index in [4.69, 9.17) is 0 Å². The summed E-state index contributed by atoms with van der Waals surface area (Å²) >= 11 is 5.53. The Balaban J connectivity index is 1.40. The van der Waals surface area contributed by atoms with E-state index in [1.54, 1.807) is 0 Å². The number of piperidine rings is 2. The molecule has 0 radical (unpaired) electrons. The van der Waals surface area contributed by atoms with Gasteiger partial charge in [-0.05, 0) is 67.7 Å². The Hall–Kier alpha value is -0.300. The third-order valence-electron chi connectivity index (χ3n) is 5.63. The zero-order valence-corrected chi connectivity index (χ0v) is 16.9. The normalized spacial score (nSPS) is 26.8. The summed E-state index contributed by atoms with van der Waals surface area (Å²) in [6.45, 7) is 8.34. The maximum absolute atomic E-state index is 4.67. The van der Waals surface area contributed by atoms with Crippen LogP contribution in [0.25, 0.3) is 0 Å². The summed E-state index contributed by atoms with van der Waals surface area (Å²) in [4.78, 5) is 13.9. The minimum atomic E-state index is 0.425. The van der Waals surface area contributed by atoms with Gasteiger partial charge < -0.3 is 9.80 Å². The fourth-order valence-electron chi connectivity index (χ4n) is 4.33. The summed E-state index contributed by atoms with van der Waals surface area (Å²) < 4.78 is 1.08. The maximum atomic E-state index is 4.67. The zero-order chi connectivity index (χ0) is 16.5. The van der Waals surface area contributed by atoms with Crippen molar-refractivity contribution in [2.24, 2.45) is 0 Å². The molecule has 1 atom stereocenters. The van der Waals surface area contributed by atoms with E-state index in [1.165, 1.54) is 63.2 Å². The van der Waals surface area contributed by atoms with Gasteiger partial charge in [0, 0.05) is 36.3 Å². The van der Waals surface area contributed by atoms with Crippen molar-refractivity contribution in [3.63, 3.8) is 0 Å². The van der Waals surface area contributed by atoms with Crippen molar-refractivity contribution in [3.8, 4) is 0 Å². The summed E-state index contributed by atoms with van der Waals surface area (Å²) in [5.41, 5.74) is 0.425. The van der Waals surface area contributed by atoms with Crippen LogP contribution in [0.3, 0.4) is 0 Å². The van der Waals surface area contributed by atoms with Gasteiger partial charge in [0.15, 0.2) is 0 Å². The van der Waals surface area contributed by atoms with Crippen LogP contribution in [0.5, 0.6) is 0 Å². The number of anilines is 1. The van der Waals surface area contributed by atoms with Gasteiger partial charge in [-0.3, -0.25) is 4.90 Å². The SMILES string of the molecule is CCN1c2ncc(Br)cc2SC1N1CCC(N2CCCCC2)CC1. The van der Waals surface area contributed by atoms with Gasteiger partial charge in [0.05, 0.1) is 4.90 Å². The van der Waals surface area contributed by atoms with Gasteiger partial charge in [-0.25, -0.2) is 4.98 Å². The fraction of sp³-hybridized carbons (Fsp3) is 0.722. The van der Waals surface area contributed by atoms with Crippen molar-refractivity contribution in [1.29, 1.82) is 0 Å². The van der Waals surface area contributed by atoms with Crippen molar-refractivity contribution >= 4 is 33.5 Å². The molecule has 0 aliphatic carbocycles. The van der Waals surface area contributed by atoms with Crippen molar-refractivity contribution in [2.45, 2.75) is 55.5 Å². The highest BCUT2D eigenvalue weighted by molar-refractivity contribution is 9.10. The van der Waals surface area contributed by atoms with Crippen LogP contribution in [0.4, 0.5) is 5.82 Å². The average Bonchev–Trinajstić information content (AvgIpc) is 3.00. The van der Waals surface area contributed by atoms with Crippen LogP contribution in [-0.4, -0.2) is 59.0 Å². The number of hydrogen-bond donors (Lipinski definition) is 0. The molecule has 3 aliphatic heterocycles. The first-order chi connectivity index (χ1) is 11.8. The number of hydrogen-bond acceptors (Lipinski definition) is 5. The van der Waals surface area contributed by atoms with Crippen LogP contribution in [0.1, 0.15) is 39.0 Å². The lowest BCUT2D eigenvalue weighted by Crippen LogP contribution is -2.52. The largest absolute Gasteiger partial charge is 0.331 e. The minimum Gasteiger partial charge on any atom is -0.331 e. The first kappa shape index (κ1) is 17.1. The average molecular weight is 411 g/mol. The van der Waals surface area contributed by atoms with E-state index in [0.717, 1.165) is 22.9 Å². The van der Waals surface area contributed by atoms with Gasteiger partial charge in [-0.1, -0.05) is 18.2 Å². The van der Waals surface area contributed by atoms with E-state index >= 15 is 0 Å². The van der Waals surface area contributed by atoms with E-state index in [0.29, 0.717) is 5.50 Å². The summed E-state index contributed by atoms with van der Waals surface area (Å²) in [5, 5.41) is 0. The van der Waals surface area contributed by atoms with E-state index in [-0.39, 0.29) is 0 Å². The molecule has 3 aliphatic rings. The number of thioether (sulfide) groups is 1. The highest BCUT2D eigenvalue weighted by Crippen LogP contribution is 2.44. The van der Waals surface area contributed by atoms with Gasteiger partial charge in [-0.15, -0.1) is 0 Å². The van der Waals surface area contributed by atoms with Crippen molar-refractivity contribution in [3.05, 3.63) is 16.7 Å². The summed E-state index contributed by atoms with van der Waals surface area (Å²) in [7, 11) is 0. The van der Waals surface area contributed by atoms with Crippen LogP contribution in [0.2, 0.25) is 0 Å². The number of rotatable bonds is 3. The molecule has 1 aromatic heterocycles. The second-order valence-electron chi connectivity index (χ2n) is 7.07. The van der Waals surface area contributed by atoms with Gasteiger partial charge >= 0.3 is 0 Å². The molecular formula is C18H27BrN4S. The molecule has 4 nitrogen and oxygen atoms in total. The standard InChI is InChI=1S/C18H27BrN4S/c1-2-23-17-16(12-14(19)13-20-17)24-18(23)22-10-6-15(7-11-22)21-8-4-3-5-9-21/h12-13,15,18H,2-11H2,1H3. The fourth-order valence-corrected chi connectivity index (χ4v) is 6.25. The Labute approximate surface area is 158 Å². The van der Waals surface area contributed by atoms with Gasteiger partial charge in [0.25, 0.3) is 0 Å². The smallest absolute Gasteiger partial charge is 0.144 e. The molecule has 0 saturated carbocycles. The topological polar surface area (TPSA) is 22.6 Å². The molecule has 0 amide bonds. The van der Waals surface area contributed by atoms with E-state index in [9.17, 15) is 0 Å². The minimum absolute atomic E-state index is 0.425. The predicted octanol–water partition coefficient (Wildman–Crippen LogP) is 4.01. The highest BCUT2D eigenvalue weighted by Gasteiger charge is 2.37. The van der Waals surface area contributed by atoms with Crippen LogP contribution in [0, 0.1) is 0 Å². The summed E-state index contributed by atoms with van der Waals surface area (Å²) in [6.07, 6.45) is 8.80. The lowest BCUT2D eigenvalue weighted by atomic mass is 10.00. The van der Waals surface area contributed by atoms with Crippen molar-refractivity contribution in [2.75, 3.05) is 37.6 Å². The molecule has 0 N–H and O–H groups in total. The van der Waals surface area contributed by atoms with Crippen molar-refractivity contribution in [1.82, 2.24) is 14.8 Å². The molecule has 1 unspecified atom stereocenters.